The molecule has 0 heterocycles. The van der Waals surface area contributed by atoms with Gasteiger partial charge in [-0.15, -0.1) is 0 Å². The van der Waals surface area contributed by atoms with Crippen molar-refractivity contribution in [2.24, 2.45) is 0 Å². The summed E-state index contributed by atoms with van der Waals surface area (Å²) >= 11 is 0. The van der Waals surface area contributed by atoms with Crippen molar-refractivity contribution in [2.45, 2.75) is 39.3 Å². The Morgan fingerprint density at radius 1 is 0.769 bits per heavy atom. The van der Waals surface area contributed by atoms with Gasteiger partial charge in [-0.3, -0.25) is 0 Å². The van der Waals surface area contributed by atoms with Gasteiger partial charge in [-0.2, -0.15) is 0 Å². The molecule has 3 nitrogen and oxygen atoms in total. The summed E-state index contributed by atoms with van der Waals surface area (Å²) in [4.78, 5) is 0. The first kappa shape index (κ1) is 13.7. The Bertz CT molecular complexity index is 135. The highest BCUT2D eigenvalue weighted by Crippen LogP contribution is 2.15. The molecule has 13 heavy (non-hydrogen) atoms. The summed E-state index contributed by atoms with van der Waals surface area (Å²) in [7, 11) is -4.43. The first-order valence-corrected chi connectivity index (χ1v) is 14.4. The summed E-state index contributed by atoms with van der Waals surface area (Å²) in [6, 6.07) is 0. The van der Waals surface area contributed by atoms with Crippen LogP contribution in [0.2, 0.25) is 39.3 Å². The van der Waals surface area contributed by atoms with Crippen molar-refractivity contribution in [3.8, 4) is 0 Å². The molecule has 0 aromatic carbocycles. The second kappa shape index (κ2) is 5.59. The third kappa shape index (κ3) is 6.77. The predicted octanol–water partition coefficient (Wildman–Crippen LogP) is 0.704. The van der Waals surface area contributed by atoms with E-state index in [9.17, 15) is 0 Å². The van der Waals surface area contributed by atoms with E-state index in [4.69, 9.17) is 12.3 Å². The molecule has 0 bridgehead atoms. The molecule has 0 aliphatic rings. The fourth-order valence-corrected chi connectivity index (χ4v) is 13.2. The van der Waals surface area contributed by atoms with E-state index in [1.807, 2.05) is 0 Å². The zero-order valence-electron chi connectivity index (χ0n) is 9.64. The maximum absolute atomic E-state index is 6.01. The highest BCUT2D eigenvalue weighted by Gasteiger charge is 2.34. The summed E-state index contributed by atoms with van der Waals surface area (Å²) in [6.07, 6.45) is 0. The van der Waals surface area contributed by atoms with Crippen molar-refractivity contribution in [3.63, 3.8) is 0 Å². The summed E-state index contributed by atoms with van der Waals surface area (Å²) in [5.74, 6) is 0. The van der Waals surface area contributed by atoms with Gasteiger partial charge < -0.3 is 12.3 Å². The molecule has 0 spiro atoms. The van der Waals surface area contributed by atoms with Crippen LogP contribution >= 0.6 is 0 Å². The largest absolute Gasteiger partial charge is 0.442 e. The topological polar surface area (TPSA) is 27.7 Å². The van der Waals surface area contributed by atoms with E-state index in [2.05, 4.69) is 39.3 Å². The smallest absolute Gasteiger partial charge is 0.312 e. The van der Waals surface area contributed by atoms with E-state index < -0.39 is 17.1 Å². The molecule has 0 aliphatic heterocycles. The summed E-state index contributed by atoms with van der Waals surface area (Å²) in [6.45, 7) is 12.7. The Hall–Kier alpha value is 0.748. The molecule has 0 rings (SSSR count). The molecule has 0 saturated carbocycles. The number of rotatable bonds is 6. The van der Waals surface area contributed by atoms with E-state index in [1.54, 1.807) is 0 Å². The summed E-state index contributed by atoms with van der Waals surface area (Å²) in [5, 5.41) is 0. The van der Waals surface area contributed by atoms with Gasteiger partial charge in [-0.25, -0.2) is 0 Å². The fraction of sp³-hybridized carbons (Fsp3) is 1.00. The van der Waals surface area contributed by atoms with E-state index >= 15 is 0 Å². The highest BCUT2D eigenvalue weighted by atomic mass is 28.5. The molecule has 0 N–H and O–H groups in total. The SMILES string of the molecule is C[SiH2]O[Si](C)(C)O[Si](C)(C)O[SiH2]C. The van der Waals surface area contributed by atoms with Gasteiger partial charge in [-0.1, -0.05) is 13.1 Å². The van der Waals surface area contributed by atoms with Gasteiger partial charge in [0.1, 0.15) is 19.5 Å². The van der Waals surface area contributed by atoms with E-state index in [0.717, 1.165) is 0 Å². The third-order valence-electron chi connectivity index (χ3n) is 1.48. The van der Waals surface area contributed by atoms with Gasteiger partial charge in [-0.05, 0) is 26.2 Å². The van der Waals surface area contributed by atoms with Gasteiger partial charge in [0.05, 0.1) is 0 Å². The molecule has 0 aromatic rings. The van der Waals surface area contributed by atoms with Crippen LogP contribution in [0.25, 0.3) is 0 Å². The van der Waals surface area contributed by atoms with E-state index in [0.29, 0.717) is 0 Å². The molecule has 0 fully saturated rings. The Kier molecular flexibility index (Phi) is 5.91. The second-order valence-corrected chi connectivity index (χ2v) is 13.6. The van der Waals surface area contributed by atoms with Crippen molar-refractivity contribution in [3.05, 3.63) is 0 Å². The van der Waals surface area contributed by atoms with Gasteiger partial charge in [0.25, 0.3) is 0 Å². The van der Waals surface area contributed by atoms with Crippen LogP contribution < -0.4 is 0 Å². The fourth-order valence-electron chi connectivity index (χ4n) is 1.35. The lowest BCUT2D eigenvalue weighted by Gasteiger charge is -2.32. The maximum atomic E-state index is 6.01. The van der Waals surface area contributed by atoms with Crippen LogP contribution in [0.4, 0.5) is 0 Å². The van der Waals surface area contributed by atoms with Crippen molar-refractivity contribution in [2.75, 3.05) is 0 Å². The molecule has 7 heteroatoms. The molecule has 0 aliphatic carbocycles. The van der Waals surface area contributed by atoms with Gasteiger partial charge in [0.2, 0.25) is 0 Å². The van der Waals surface area contributed by atoms with Crippen LogP contribution in [-0.2, 0) is 12.3 Å². The van der Waals surface area contributed by atoms with E-state index in [1.165, 1.54) is 0 Å². The van der Waals surface area contributed by atoms with Crippen molar-refractivity contribution in [1.82, 2.24) is 0 Å². The Labute approximate surface area is 88.6 Å². The van der Waals surface area contributed by atoms with Crippen LogP contribution in [0.3, 0.4) is 0 Å². The van der Waals surface area contributed by atoms with Gasteiger partial charge in [0, 0.05) is 0 Å². The van der Waals surface area contributed by atoms with Crippen molar-refractivity contribution in [1.29, 1.82) is 0 Å². The normalized spacial score (nSPS) is 15.2. The van der Waals surface area contributed by atoms with Crippen LogP contribution in [0, 0.1) is 0 Å². The second-order valence-electron chi connectivity index (χ2n) is 3.77. The predicted molar refractivity (Wildman–Crippen MR) is 67.0 cm³/mol. The molecule has 0 unspecified atom stereocenters. The number of hydrogen-bond donors (Lipinski definition) is 0. The summed E-state index contributed by atoms with van der Waals surface area (Å²) < 4.78 is 17.5. The van der Waals surface area contributed by atoms with Gasteiger partial charge in [0.15, 0.2) is 0 Å². The maximum Gasteiger partial charge on any atom is 0.312 e. The Morgan fingerprint density at radius 3 is 1.31 bits per heavy atom. The molecule has 0 saturated heterocycles. The minimum absolute atomic E-state index is 0.358. The van der Waals surface area contributed by atoms with E-state index in [-0.39, 0.29) is 19.5 Å². The molecular weight excluding hydrogens is 232 g/mol. The standard InChI is InChI=1S/C6H22O3Si4/c1-10-7-12(3,4)9-13(5,6)8-11-2/h10-11H2,1-6H3. The monoisotopic (exact) mass is 254 g/mol. The quantitative estimate of drug-likeness (QED) is 0.653. The van der Waals surface area contributed by atoms with Crippen LogP contribution in [0.15, 0.2) is 0 Å². The molecule has 80 valence electrons. The Balaban J connectivity index is 4.07. The molecule has 0 aromatic heterocycles. The highest BCUT2D eigenvalue weighted by molar-refractivity contribution is 6.82. The lowest BCUT2D eigenvalue weighted by Crippen LogP contribution is -2.49. The molecule has 0 radical (unpaired) electrons. The summed E-state index contributed by atoms with van der Waals surface area (Å²) in [5.41, 5.74) is 0. The minimum Gasteiger partial charge on any atom is -0.442 e. The van der Waals surface area contributed by atoms with Crippen molar-refractivity contribution < 1.29 is 12.3 Å². The van der Waals surface area contributed by atoms with Crippen LogP contribution in [0.5, 0.6) is 0 Å². The average molecular weight is 255 g/mol. The van der Waals surface area contributed by atoms with Crippen LogP contribution in [-0.4, -0.2) is 36.6 Å². The van der Waals surface area contributed by atoms with Crippen LogP contribution in [0.1, 0.15) is 0 Å². The van der Waals surface area contributed by atoms with Crippen molar-refractivity contribution >= 4 is 36.6 Å². The zero-order valence-corrected chi connectivity index (χ0v) is 14.5. The first-order chi connectivity index (χ1) is 5.83. The minimum atomic E-state index is -1.86. The lowest BCUT2D eigenvalue weighted by atomic mass is 11.9. The molecule has 0 atom stereocenters. The van der Waals surface area contributed by atoms with Gasteiger partial charge >= 0.3 is 17.1 Å². The average Bonchev–Trinajstić information content (AvgIpc) is 1.82. The first-order valence-electron chi connectivity index (χ1n) is 4.81. The zero-order chi connectivity index (χ0) is 10.5. The molecular formula is C6H22O3Si4. The molecule has 0 amide bonds. The Morgan fingerprint density at radius 2 is 1.08 bits per heavy atom. The third-order valence-corrected chi connectivity index (χ3v) is 13.3. The lowest BCUT2D eigenvalue weighted by molar-refractivity contribution is 0.347. The number of hydrogen-bond acceptors (Lipinski definition) is 3.